The Hall–Kier alpha value is -2.18. The summed E-state index contributed by atoms with van der Waals surface area (Å²) in [6.07, 6.45) is 1.74. The van der Waals surface area contributed by atoms with Crippen LogP contribution in [0.25, 0.3) is 11.1 Å². The average Bonchev–Trinajstić information content (AvgIpc) is 2.97. The molecular weight excluding hydrogens is 294 g/mol. The lowest BCUT2D eigenvalue weighted by Gasteiger charge is -2.32. The second-order valence-electron chi connectivity index (χ2n) is 5.82. The van der Waals surface area contributed by atoms with Crippen molar-refractivity contribution in [2.24, 2.45) is 7.05 Å². The molecule has 0 aliphatic carbocycles. The molecule has 6 nitrogen and oxygen atoms in total. The minimum absolute atomic E-state index is 0.0847. The number of aromatic nitrogens is 2. The number of hydrogen-bond acceptors (Lipinski definition) is 4. The number of rotatable bonds is 4. The number of benzene rings is 1. The van der Waals surface area contributed by atoms with Crippen molar-refractivity contribution in [3.63, 3.8) is 0 Å². The van der Waals surface area contributed by atoms with Gasteiger partial charge in [-0.05, 0) is 18.1 Å². The van der Waals surface area contributed by atoms with Crippen LogP contribution < -0.4 is 0 Å². The molecule has 1 aromatic heterocycles. The third kappa shape index (κ3) is 3.28. The van der Waals surface area contributed by atoms with Crippen LogP contribution in [-0.2, 0) is 11.8 Å². The quantitative estimate of drug-likeness (QED) is 0.936. The van der Waals surface area contributed by atoms with Crippen molar-refractivity contribution in [1.29, 1.82) is 0 Å². The molecule has 23 heavy (non-hydrogen) atoms. The van der Waals surface area contributed by atoms with Crippen molar-refractivity contribution in [2.45, 2.75) is 13.0 Å². The topological polar surface area (TPSA) is 67.6 Å². The summed E-state index contributed by atoms with van der Waals surface area (Å²) in [6, 6.07) is 8.38. The van der Waals surface area contributed by atoms with Gasteiger partial charge in [0.1, 0.15) is 0 Å². The smallest absolute Gasteiger partial charge is 0.357 e. The van der Waals surface area contributed by atoms with Crippen molar-refractivity contribution >= 4 is 5.97 Å². The lowest BCUT2D eigenvalue weighted by Crippen LogP contribution is -2.37. The molecule has 0 radical (unpaired) electrons. The van der Waals surface area contributed by atoms with Gasteiger partial charge in [0.05, 0.1) is 13.2 Å². The molecule has 0 unspecified atom stereocenters. The molecule has 6 heteroatoms. The first-order valence-electron chi connectivity index (χ1n) is 7.75. The van der Waals surface area contributed by atoms with Crippen LogP contribution in [0.3, 0.4) is 0 Å². The van der Waals surface area contributed by atoms with Gasteiger partial charge in [0.2, 0.25) is 0 Å². The molecule has 0 spiro atoms. The van der Waals surface area contributed by atoms with Gasteiger partial charge in [-0.3, -0.25) is 9.58 Å². The maximum atomic E-state index is 11.3. The van der Waals surface area contributed by atoms with E-state index in [2.05, 4.69) is 29.1 Å². The molecule has 1 aliphatic heterocycles. The van der Waals surface area contributed by atoms with E-state index < -0.39 is 5.97 Å². The molecule has 2 aromatic rings. The summed E-state index contributed by atoms with van der Waals surface area (Å²) >= 11 is 0. The summed E-state index contributed by atoms with van der Waals surface area (Å²) in [5.74, 6) is -1.01. The first-order valence-corrected chi connectivity index (χ1v) is 7.75. The Morgan fingerprint density at radius 2 is 1.91 bits per heavy atom. The highest BCUT2D eigenvalue weighted by Gasteiger charge is 2.20. The monoisotopic (exact) mass is 315 g/mol. The molecule has 122 valence electrons. The van der Waals surface area contributed by atoms with E-state index in [-0.39, 0.29) is 5.69 Å². The van der Waals surface area contributed by atoms with Gasteiger partial charge in [-0.1, -0.05) is 24.3 Å². The normalized spacial score (nSPS) is 17.1. The minimum Gasteiger partial charge on any atom is -0.476 e. The highest BCUT2D eigenvalue weighted by molar-refractivity contribution is 5.93. The SMILES string of the molecule is C[C@@H](c1ccc(-c2cn(C)nc2C(=O)O)cc1)N1CCOCC1. The van der Waals surface area contributed by atoms with Crippen LogP contribution in [0.5, 0.6) is 0 Å². The second kappa shape index (κ2) is 6.52. The van der Waals surface area contributed by atoms with Crippen LogP contribution >= 0.6 is 0 Å². The number of aryl methyl sites for hydroxylation is 1. The summed E-state index contributed by atoms with van der Waals surface area (Å²) in [6.45, 7) is 5.62. The van der Waals surface area contributed by atoms with Gasteiger partial charge in [0.15, 0.2) is 5.69 Å². The Morgan fingerprint density at radius 3 is 2.52 bits per heavy atom. The molecule has 1 saturated heterocycles. The van der Waals surface area contributed by atoms with Crippen LogP contribution in [0.4, 0.5) is 0 Å². The molecule has 1 aliphatic rings. The molecule has 3 rings (SSSR count). The molecule has 1 fully saturated rings. The summed E-state index contributed by atoms with van der Waals surface area (Å²) < 4.78 is 6.92. The third-order valence-corrected chi connectivity index (χ3v) is 4.33. The van der Waals surface area contributed by atoms with Gasteiger partial charge in [-0.2, -0.15) is 5.10 Å². The van der Waals surface area contributed by atoms with E-state index in [1.807, 2.05) is 12.1 Å². The molecular formula is C17H21N3O3. The number of carboxylic acids is 1. The Labute approximate surface area is 135 Å². The average molecular weight is 315 g/mol. The largest absolute Gasteiger partial charge is 0.476 e. The van der Waals surface area contributed by atoms with E-state index in [0.717, 1.165) is 31.9 Å². The standard InChI is InChI=1S/C17H21N3O3/c1-12(20-7-9-23-10-8-20)13-3-5-14(6-4-13)15-11-19(2)18-16(15)17(21)22/h3-6,11-12H,7-10H2,1-2H3,(H,21,22)/t12-/m0/s1. The fourth-order valence-electron chi connectivity index (χ4n) is 2.97. The lowest BCUT2D eigenvalue weighted by molar-refractivity contribution is 0.0198. The van der Waals surface area contributed by atoms with Crippen LogP contribution in [0.2, 0.25) is 0 Å². The van der Waals surface area contributed by atoms with E-state index >= 15 is 0 Å². The maximum absolute atomic E-state index is 11.3. The van der Waals surface area contributed by atoms with Gasteiger partial charge >= 0.3 is 5.97 Å². The van der Waals surface area contributed by atoms with E-state index in [1.54, 1.807) is 13.2 Å². The fourth-order valence-corrected chi connectivity index (χ4v) is 2.97. The highest BCUT2D eigenvalue weighted by Crippen LogP contribution is 2.27. The number of carboxylic acid groups (broad SMARTS) is 1. The Bertz CT molecular complexity index is 688. The second-order valence-corrected chi connectivity index (χ2v) is 5.82. The molecule has 2 heterocycles. The number of carbonyl (C=O) groups is 1. The zero-order valence-corrected chi connectivity index (χ0v) is 13.4. The van der Waals surface area contributed by atoms with E-state index in [1.165, 1.54) is 10.2 Å². The summed E-state index contributed by atoms with van der Waals surface area (Å²) in [7, 11) is 1.73. The van der Waals surface area contributed by atoms with Gasteiger partial charge < -0.3 is 9.84 Å². The minimum atomic E-state index is -1.01. The molecule has 1 aromatic carbocycles. The maximum Gasteiger partial charge on any atom is 0.357 e. The predicted octanol–water partition coefficient (Wildman–Crippen LogP) is 2.18. The van der Waals surface area contributed by atoms with Crippen LogP contribution in [0.1, 0.15) is 29.0 Å². The molecule has 0 saturated carbocycles. The highest BCUT2D eigenvalue weighted by atomic mass is 16.5. The van der Waals surface area contributed by atoms with Crippen LogP contribution in [-0.4, -0.2) is 52.1 Å². The van der Waals surface area contributed by atoms with Gasteiger partial charge in [-0.15, -0.1) is 0 Å². The van der Waals surface area contributed by atoms with Crippen molar-refractivity contribution in [1.82, 2.24) is 14.7 Å². The number of aromatic carboxylic acids is 1. The summed E-state index contributed by atoms with van der Waals surface area (Å²) in [4.78, 5) is 13.7. The lowest BCUT2D eigenvalue weighted by atomic mass is 10.0. The van der Waals surface area contributed by atoms with Crippen molar-refractivity contribution in [3.8, 4) is 11.1 Å². The number of hydrogen-bond donors (Lipinski definition) is 1. The van der Waals surface area contributed by atoms with Crippen molar-refractivity contribution in [2.75, 3.05) is 26.3 Å². The van der Waals surface area contributed by atoms with E-state index in [9.17, 15) is 9.90 Å². The van der Waals surface area contributed by atoms with Crippen LogP contribution in [0.15, 0.2) is 30.5 Å². The van der Waals surface area contributed by atoms with Gasteiger partial charge in [0, 0.05) is 37.9 Å². The molecule has 0 bridgehead atoms. The van der Waals surface area contributed by atoms with Gasteiger partial charge in [0.25, 0.3) is 0 Å². The zero-order chi connectivity index (χ0) is 16.4. The van der Waals surface area contributed by atoms with Crippen molar-refractivity contribution < 1.29 is 14.6 Å². The Kier molecular flexibility index (Phi) is 4.45. The van der Waals surface area contributed by atoms with Gasteiger partial charge in [-0.25, -0.2) is 4.79 Å². The first kappa shape index (κ1) is 15.7. The Balaban J connectivity index is 1.83. The number of nitrogens with zero attached hydrogens (tertiary/aromatic N) is 3. The third-order valence-electron chi connectivity index (χ3n) is 4.33. The predicted molar refractivity (Wildman–Crippen MR) is 86.4 cm³/mol. The summed E-state index contributed by atoms with van der Waals surface area (Å²) in [5.41, 5.74) is 2.82. The van der Waals surface area contributed by atoms with E-state index in [0.29, 0.717) is 11.6 Å². The fraction of sp³-hybridized carbons (Fsp3) is 0.412. The zero-order valence-electron chi connectivity index (χ0n) is 13.4. The number of ether oxygens (including phenoxy) is 1. The van der Waals surface area contributed by atoms with Crippen molar-refractivity contribution in [3.05, 3.63) is 41.7 Å². The number of morpholine rings is 1. The summed E-state index contributed by atoms with van der Waals surface area (Å²) in [5, 5.41) is 13.3. The molecule has 1 N–H and O–H groups in total. The van der Waals surface area contributed by atoms with E-state index in [4.69, 9.17) is 4.74 Å². The molecule has 0 amide bonds. The Morgan fingerprint density at radius 1 is 1.26 bits per heavy atom. The first-order chi connectivity index (χ1) is 11.1. The molecule has 1 atom stereocenters. The van der Waals surface area contributed by atoms with Crippen LogP contribution in [0, 0.1) is 0 Å².